The van der Waals surface area contributed by atoms with Gasteiger partial charge in [0.05, 0.1) is 5.51 Å². The molecule has 0 aliphatic carbocycles. The molecular weight excluding hydrogens is 230 g/mol. The van der Waals surface area contributed by atoms with Crippen molar-refractivity contribution >= 4 is 28.2 Å². The lowest BCUT2D eigenvalue weighted by Gasteiger charge is -2.18. The minimum atomic E-state index is -1.13. The summed E-state index contributed by atoms with van der Waals surface area (Å²) in [6.45, 7) is 3.65. The summed E-state index contributed by atoms with van der Waals surface area (Å²) in [5.41, 5.74) is 6.54. The number of rotatable bonds is 5. The summed E-state index contributed by atoms with van der Waals surface area (Å²) < 4.78 is 0. The van der Waals surface area contributed by atoms with Crippen LogP contribution in [-0.4, -0.2) is 28.0 Å². The normalized spacial score (nSPS) is 12.4. The van der Waals surface area contributed by atoms with E-state index in [1.807, 2.05) is 13.8 Å². The van der Waals surface area contributed by atoms with Gasteiger partial charge in [-0.1, -0.05) is 13.8 Å². The number of nitrogens with one attached hydrogen (secondary N) is 1. The molecule has 0 saturated carbocycles. The van der Waals surface area contributed by atoms with Crippen LogP contribution in [0.5, 0.6) is 0 Å². The molecule has 0 aliphatic heterocycles. The number of carbonyl (C=O) groups is 2. The van der Waals surface area contributed by atoms with Crippen LogP contribution in [-0.2, 0) is 4.79 Å². The third-order valence-corrected chi connectivity index (χ3v) is 2.79. The van der Waals surface area contributed by atoms with Crippen molar-refractivity contribution in [2.75, 3.05) is 5.32 Å². The number of carbonyl (C=O) groups excluding carboxylic acids is 1. The van der Waals surface area contributed by atoms with E-state index < -0.39 is 17.9 Å². The summed E-state index contributed by atoms with van der Waals surface area (Å²) in [7, 11) is 0. The third kappa shape index (κ3) is 2.69. The fourth-order valence-corrected chi connectivity index (χ4v) is 1.92. The molecule has 4 N–H and O–H groups in total. The molecule has 7 heteroatoms. The van der Waals surface area contributed by atoms with E-state index in [9.17, 15) is 9.59 Å². The molecule has 0 aromatic carbocycles. The molecule has 1 aromatic rings. The van der Waals surface area contributed by atoms with Crippen molar-refractivity contribution in [1.29, 1.82) is 0 Å². The molecule has 0 bridgehead atoms. The second kappa shape index (κ2) is 4.93. The number of thiazole rings is 1. The summed E-state index contributed by atoms with van der Waals surface area (Å²) in [5, 5.41) is 12.0. The zero-order valence-electron chi connectivity index (χ0n) is 8.93. The van der Waals surface area contributed by atoms with Gasteiger partial charge in [-0.25, -0.2) is 9.78 Å². The van der Waals surface area contributed by atoms with Crippen molar-refractivity contribution in [1.82, 2.24) is 4.98 Å². The Morgan fingerprint density at radius 3 is 2.62 bits per heavy atom. The van der Waals surface area contributed by atoms with E-state index in [-0.39, 0.29) is 11.6 Å². The predicted octanol–water partition coefficient (Wildman–Crippen LogP) is 0.763. The van der Waals surface area contributed by atoms with Crippen LogP contribution >= 0.6 is 11.3 Å². The van der Waals surface area contributed by atoms with Crippen molar-refractivity contribution in [3.8, 4) is 0 Å². The van der Waals surface area contributed by atoms with Gasteiger partial charge in [-0.2, -0.15) is 0 Å². The van der Waals surface area contributed by atoms with E-state index in [0.29, 0.717) is 5.00 Å². The van der Waals surface area contributed by atoms with Crippen LogP contribution in [0.4, 0.5) is 5.00 Å². The van der Waals surface area contributed by atoms with Crippen LogP contribution in [0, 0.1) is 5.92 Å². The molecular formula is C9H13N3O3S. The van der Waals surface area contributed by atoms with Crippen LogP contribution in [0.2, 0.25) is 0 Å². The number of nitrogens with two attached hydrogens (primary N) is 1. The maximum Gasteiger partial charge on any atom is 0.357 e. The summed E-state index contributed by atoms with van der Waals surface area (Å²) in [6, 6.07) is -0.599. The monoisotopic (exact) mass is 243 g/mol. The first kappa shape index (κ1) is 12.4. The Hall–Kier alpha value is -1.63. The van der Waals surface area contributed by atoms with E-state index in [4.69, 9.17) is 10.8 Å². The van der Waals surface area contributed by atoms with E-state index in [1.165, 1.54) is 5.51 Å². The molecule has 1 amide bonds. The van der Waals surface area contributed by atoms with Gasteiger partial charge < -0.3 is 16.2 Å². The Kier molecular flexibility index (Phi) is 3.83. The molecule has 0 fully saturated rings. The van der Waals surface area contributed by atoms with Crippen molar-refractivity contribution in [2.45, 2.75) is 19.9 Å². The molecule has 16 heavy (non-hydrogen) atoms. The molecule has 0 spiro atoms. The zero-order valence-corrected chi connectivity index (χ0v) is 9.75. The van der Waals surface area contributed by atoms with E-state index in [2.05, 4.69) is 10.3 Å². The molecule has 1 atom stereocenters. The van der Waals surface area contributed by atoms with Gasteiger partial charge in [0.1, 0.15) is 11.0 Å². The fourth-order valence-electron chi connectivity index (χ4n) is 1.21. The minimum Gasteiger partial charge on any atom is -0.476 e. The maximum atomic E-state index is 11.1. The lowest BCUT2D eigenvalue weighted by atomic mass is 10.0. The summed E-state index contributed by atoms with van der Waals surface area (Å²) >= 11 is 1.13. The molecule has 0 saturated heterocycles. The lowest BCUT2D eigenvalue weighted by Crippen LogP contribution is -2.39. The fraction of sp³-hybridized carbons (Fsp3) is 0.444. The van der Waals surface area contributed by atoms with Crippen molar-refractivity contribution in [3.63, 3.8) is 0 Å². The number of hydrogen-bond acceptors (Lipinski definition) is 5. The van der Waals surface area contributed by atoms with Crippen LogP contribution in [0.25, 0.3) is 0 Å². The Labute approximate surface area is 96.5 Å². The smallest absolute Gasteiger partial charge is 0.357 e. The Morgan fingerprint density at radius 2 is 2.19 bits per heavy atom. The first-order chi connectivity index (χ1) is 7.43. The number of aromatic carboxylic acids is 1. The predicted molar refractivity (Wildman–Crippen MR) is 60.5 cm³/mol. The highest BCUT2D eigenvalue weighted by Crippen LogP contribution is 2.22. The average molecular weight is 243 g/mol. The molecule has 0 aliphatic rings. The van der Waals surface area contributed by atoms with Crippen LogP contribution in [0.15, 0.2) is 5.51 Å². The SMILES string of the molecule is CC(C)C(Nc1scnc1C(=O)O)C(N)=O. The highest BCUT2D eigenvalue weighted by molar-refractivity contribution is 7.14. The number of hydrogen-bond donors (Lipinski definition) is 3. The number of carboxylic acids is 1. The van der Waals surface area contributed by atoms with Gasteiger partial charge in [-0.05, 0) is 5.92 Å². The molecule has 1 heterocycles. The molecule has 1 rings (SSSR count). The van der Waals surface area contributed by atoms with E-state index >= 15 is 0 Å². The topological polar surface area (TPSA) is 105 Å². The quantitative estimate of drug-likeness (QED) is 0.708. The Balaban J connectivity index is 2.89. The molecule has 1 unspecified atom stereocenters. The van der Waals surface area contributed by atoms with Crippen LogP contribution < -0.4 is 11.1 Å². The number of amides is 1. The second-order valence-electron chi connectivity index (χ2n) is 3.60. The summed E-state index contributed by atoms with van der Waals surface area (Å²) in [5.74, 6) is -1.67. The highest BCUT2D eigenvalue weighted by atomic mass is 32.1. The average Bonchev–Trinajstić information content (AvgIpc) is 2.60. The molecule has 88 valence electrons. The van der Waals surface area contributed by atoms with E-state index in [1.54, 1.807) is 0 Å². The minimum absolute atomic E-state index is 0.0266. The van der Waals surface area contributed by atoms with Crippen molar-refractivity contribution in [2.24, 2.45) is 11.7 Å². The number of anilines is 1. The van der Waals surface area contributed by atoms with Gasteiger partial charge >= 0.3 is 5.97 Å². The van der Waals surface area contributed by atoms with Gasteiger partial charge in [0, 0.05) is 0 Å². The largest absolute Gasteiger partial charge is 0.476 e. The number of aromatic nitrogens is 1. The number of primary amides is 1. The van der Waals surface area contributed by atoms with E-state index in [0.717, 1.165) is 11.3 Å². The first-order valence-corrected chi connectivity index (χ1v) is 5.54. The summed E-state index contributed by atoms with van der Waals surface area (Å²) in [6.07, 6.45) is 0. The second-order valence-corrected chi connectivity index (χ2v) is 4.46. The van der Waals surface area contributed by atoms with Gasteiger partial charge in [-0.3, -0.25) is 4.79 Å². The first-order valence-electron chi connectivity index (χ1n) is 4.66. The van der Waals surface area contributed by atoms with Gasteiger partial charge in [-0.15, -0.1) is 11.3 Å². The third-order valence-electron chi connectivity index (χ3n) is 2.03. The number of carboxylic acid groups (broad SMARTS) is 1. The maximum absolute atomic E-state index is 11.1. The molecule has 0 radical (unpaired) electrons. The Bertz CT molecular complexity index is 402. The van der Waals surface area contributed by atoms with Crippen molar-refractivity contribution in [3.05, 3.63) is 11.2 Å². The van der Waals surface area contributed by atoms with Gasteiger partial charge in [0.25, 0.3) is 0 Å². The molecule has 6 nitrogen and oxygen atoms in total. The van der Waals surface area contributed by atoms with Gasteiger partial charge in [0.15, 0.2) is 5.69 Å². The highest BCUT2D eigenvalue weighted by Gasteiger charge is 2.23. The standard InChI is InChI=1S/C9H13N3O3S/c1-4(2)5(7(10)13)12-8-6(9(14)15)11-3-16-8/h3-5,12H,1-2H3,(H2,10,13)(H,14,15). The Morgan fingerprint density at radius 1 is 1.56 bits per heavy atom. The van der Waals surface area contributed by atoms with Crippen LogP contribution in [0.1, 0.15) is 24.3 Å². The van der Waals surface area contributed by atoms with Crippen molar-refractivity contribution < 1.29 is 14.7 Å². The lowest BCUT2D eigenvalue weighted by molar-refractivity contribution is -0.119. The molecule has 1 aromatic heterocycles. The zero-order chi connectivity index (χ0) is 12.3. The number of nitrogens with zero attached hydrogens (tertiary/aromatic N) is 1. The summed E-state index contributed by atoms with van der Waals surface area (Å²) in [4.78, 5) is 25.6. The van der Waals surface area contributed by atoms with Gasteiger partial charge in [0.2, 0.25) is 5.91 Å². The van der Waals surface area contributed by atoms with Crippen LogP contribution in [0.3, 0.4) is 0 Å².